The van der Waals surface area contributed by atoms with Gasteiger partial charge in [0.2, 0.25) is 0 Å². The van der Waals surface area contributed by atoms with Crippen LogP contribution < -0.4 is 4.74 Å². The molecule has 0 fully saturated rings. The Bertz CT molecular complexity index is 854. The van der Waals surface area contributed by atoms with E-state index in [1.54, 1.807) is 7.11 Å². The molecule has 4 heteroatoms. The number of ether oxygens (including phenoxy) is 3. The summed E-state index contributed by atoms with van der Waals surface area (Å²) in [6.45, 7) is 15.8. The number of methoxy groups -OCH3 is 1. The molecular formula is C27H38O4. The lowest BCUT2D eigenvalue weighted by Gasteiger charge is -2.23. The largest absolute Gasteiger partial charge is 0.467 e. The lowest BCUT2D eigenvalue weighted by atomic mass is 9.86. The van der Waals surface area contributed by atoms with Gasteiger partial charge in [0.05, 0.1) is 12.2 Å². The molecule has 0 spiro atoms. The van der Waals surface area contributed by atoms with Crippen LogP contribution in [0.2, 0.25) is 0 Å². The predicted molar refractivity (Wildman–Crippen MR) is 127 cm³/mol. The van der Waals surface area contributed by atoms with Crippen LogP contribution in [-0.2, 0) is 14.9 Å². The maximum atomic E-state index is 12.5. The molecule has 1 unspecified atom stereocenters. The van der Waals surface area contributed by atoms with Crippen molar-refractivity contribution < 1.29 is 19.0 Å². The van der Waals surface area contributed by atoms with Crippen LogP contribution in [0.3, 0.4) is 0 Å². The lowest BCUT2D eigenvalue weighted by molar-refractivity contribution is 0.0420. The zero-order valence-electron chi connectivity index (χ0n) is 20.4. The summed E-state index contributed by atoms with van der Waals surface area (Å²) in [5.74, 6) is 0.803. The summed E-state index contributed by atoms with van der Waals surface area (Å²) in [6.07, 6.45) is 1.01. The Kier molecular flexibility index (Phi) is 8.30. The first kappa shape index (κ1) is 24.9. The fourth-order valence-electron chi connectivity index (χ4n) is 3.66. The fraction of sp³-hybridized carbons (Fsp3) is 0.519. The van der Waals surface area contributed by atoms with Gasteiger partial charge in [-0.3, -0.25) is 0 Å². The van der Waals surface area contributed by atoms with E-state index >= 15 is 0 Å². The molecule has 0 amide bonds. The molecule has 0 aromatic heterocycles. The summed E-state index contributed by atoms with van der Waals surface area (Å²) in [6, 6.07) is 13.7. The molecule has 0 radical (unpaired) electrons. The highest BCUT2D eigenvalue weighted by Crippen LogP contribution is 2.35. The van der Waals surface area contributed by atoms with Gasteiger partial charge in [0.1, 0.15) is 5.75 Å². The number of hydrogen-bond acceptors (Lipinski definition) is 4. The van der Waals surface area contributed by atoms with Gasteiger partial charge in [0, 0.05) is 12.7 Å². The monoisotopic (exact) mass is 426 g/mol. The van der Waals surface area contributed by atoms with Gasteiger partial charge in [-0.2, -0.15) is 0 Å². The number of carbonyl (C=O) groups is 1. The molecule has 0 aliphatic rings. The van der Waals surface area contributed by atoms with Crippen LogP contribution in [0.4, 0.5) is 0 Å². The Hall–Kier alpha value is -2.33. The predicted octanol–water partition coefficient (Wildman–Crippen LogP) is 6.86. The second-order valence-corrected chi connectivity index (χ2v) is 10.6. The first-order valence-corrected chi connectivity index (χ1v) is 10.9. The molecule has 0 aliphatic carbocycles. The lowest BCUT2D eigenvalue weighted by Crippen LogP contribution is -2.17. The van der Waals surface area contributed by atoms with E-state index in [9.17, 15) is 4.79 Å². The second kappa shape index (κ2) is 10.3. The van der Waals surface area contributed by atoms with E-state index < -0.39 is 0 Å². The molecule has 0 bridgehead atoms. The SMILES string of the molecule is COCOc1cc(C(C)(C)C)ccc1-c1ccc(C(=O)OCC(C)CC(C)(C)C)cc1. The van der Waals surface area contributed by atoms with E-state index in [1.165, 1.54) is 5.56 Å². The van der Waals surface area contributed by atoms with Gasteiger partial charge in [-0.1, -0.05) is 72.7 Å². The number of esters is 1. The van der Waals surface area contributed by atoms with E-state index in [0.29, 0.717) is 18.1 Å². The minimum Gasteiger partial charge on any atom is -0.467 e. The van der Waals surface area contributed by atoms with Crippen molar-refractivity contribution in [3.8, 4) is 16.9 Å². The molecule has 0 heterocycles. The zero-order chi connectivity index (χ0) is 23.2. The number of carbonyl (C=O) groups excluding carboxylic acids is 1. The first-order chi connectivity index (χ1) is 14.4. The summed E-state index contributed by atoms with van der Waals surface area (Å²) < 4.78 is 16.5. The van der Waals surface area contributed by atoms with Gasteiger partial charge >= 0.3 is 5.97 Å². The zero-order valence-corrected chi connectivity index (χ0v) is 20.4. The molecule has 1 atom stereocenters. The van der Waals surface area contributed by atoms with Crippen molar-refractivity contribution in [2.75, 3.05) is 20.5 Å². The van der Waals surface area contributed by atoms with Gasteiger partial charge in [-0.25, -0.2) is 4.79 Å². The van der Waals surface area contributed by atoms with Gasteiger partial charge in [0.25, 0.3) is 0 Å². The third-order valence-electron chi connectivity index (χ3n) is 5.07. The van der Waals surface area contributed by atoms with Crippen molar-refractivity contribution >= 4 is 5.97 Å². The van der Waals surface area contributed by atoms with Crippen molar-refractivity contribution in [1.82, 2.24) is 0 Å². The molecule has 0 saturated heterocycles. The standard InChI is InChI=1S/C27H38O4/c1-19(16-26(2,3)4)17-30-25(28)21-11-9-20(10-12-21)23-14-13-22(27(5,6)7)15-24(23)31-18-29-8/h9-15,19H,16-18H2,1-8H3. The molecule has 0 N–H and O–H groups in total. The minimum atomic E-state index is -0.286. The van der Waals surface area contributed by atoms with E-state index in [4.69, 9.17) is 14.2 Å². The van der Waals surface area contributed by atoms with Crippen LogP contribution in [0.25, 0.3) is 11.1 Å². The average molecular weight is 427 g/mol. The Morgan fingerprint density at radius 2 is 1.61 bits per heavy atom. The Labute approximate surface area is 187 Å². The third kappa shape index (κ3) is 7.70. The molecule has 2 rings (SSSR count). The molecule has 2 aromatic carbocycles. The van der Waals surface area contributed by atoms with Crippen LogP contribution in [-0.4, -0.2) is 26.5 Å². The van der Waals surface area contributed by atoms with Crippen LogP contribution in [0.1, 0.15) is 70.8 Å². The summed E-state index contributed by atoms with van der Waals surface area (Å²) >= 11 is 0. The highest BCUT2D eigenvalue weighted by atomic mass is 16.7. The van der Waals surface area contributed by atoms with Crippen molar-refractivity contribution in [1.29, 1.82) is 0 Å². The van der Waals surface area contributed by atoms with Crippen LogP contribution in [0.5, 0.6) is 5.75 Å². The van der Waals surface area contributed by atoms with Crippen molar-refractivity contribution in [3.05, 3.63) is 53.6 Å². The van der Waals surface area contributed by atoms with Crippen molar-refractivity contribution in [3.63, 3.8) is 0 Å². The number of hydrogen-bond donors (Lipinski definition) is 0. The van der Waals surface area contributed by atoms with Gasteiger partial charge < -0.3 is 14.2 Å². The minimum absolute atomic E-state index is 0.0153. The Morgan fingerprint density at radius 3 is 2.16 bits per heavy atom. The summed E-state index contributed by atoms with van der Waals surface area (Å²) in [7, 11) is 1.61. The molecule has 2 aromatic rings. The van der Waals surface area contributed by atoms with E-state index in [-0.39, 0.29) is 23.6 Å². The molecule has 4 nitrogen and oxygen atoms in total. The van der Waals surface area contributed by atoms with Crippen LogP contribution in [0.15, 0.2) is 42.5 Å². The normalized spacial score (nSPS) is 13.0. The molecule has 31 heavy (non-hydrogen) atoms. The second-order valence-electron chi connectivity index (χ2n) is 10.6. The molecular weight excluding hydrogens is 388 g/mol. The topological polar surface area (TPSA) is 44.8 Å². The van der Waals surface area contributed by atoms with Gasteiger partial charge in [0.15, 0.2) is 6.79 Å². The highest BCUT2D eigenvalue weighted by molar-refractivity contribution is 5.90. The average Bonchev–Trinajstić information content (AvgIpc) is 2.68. The Morgan fingerprint density at radius 1 is 0.968 bits per heavy atom. The van der Waals surface area contributed by atoms with E-state index in [2.05, 4.69) is 66.7 Å². The third-order valence-corrected chi connectivity index (χ3v) is 5.07. The first-order valence-electron chi connectivity index (χ1n) is 10.9. The summed E-state index contributed by atoms with van der Waals surface area (Å²) in [4.78, 5) is 12.5. The molecule has 170 valence electrons. The maximum Gasteiger partial charge on any atom is 0.338 e. The smallest absolute Gasteiger partial charge is 0.338 e. The summed E-state index contributed by atoms with van der Waals surface area (Å²) in [5, 5.41) is 0. The van der Waals surface area contributed by atoms with Crippen LogP contribution >= 0.6 is 0 Å². The fourth-order valence-corrected chi connectivity index (χ4v) is 3.66. The van der Waals surface area contributed by atoms with Gasteiger partial charge in [-0.15, -0.1) is 0 Å². The van der Waals surface area contributed by atoms with E-state index in [1.807, 2.05) is 24.3 Å². The van der Waals surface area contributed by atoms with Crippen molar-refractivity contribution in [2.45, 2.75) is 60.3 Å². The molecule has 0 saturated carbocycles. The molecule has 0 aliphatic heterocycles. The van der Waals surface area contributed by atoms with E-state index in [0.717, 1.165) is 23.3 Å². The van der Waals surface area contributed by atoms with Gasteiger partial charge in [-0.05, 0) is 52.5 Å². The number of rotatable bonds is 8. The van der Waals surface area contributed by atoms with Crippen molar-refractivity contribution in [2.24, 2.45) is 11.3 Å². The highest BCUT2D eigenvalue weighted by Gasteiger charge is 2.19. The maximum absolute atomic E-state index is 12.5. The van der Waals surface area contributed by atoms with Crippen LogP contribution in [0, 0.1) is 11.3 Å². The quantitative estimate of drug-likeness (QED) is 0.341. The summed E-state index contributed by atoms with van der Waals surface area (Å²) in [5.41, 5.74) is 3.91. The number of benzene rings is 2. The Balaban J connectivity index is 2.16.